The summed E-state index contributed by atoms with van der Waals surface area (Å²) in [5.74, 6) is -0.110. The molecule has 5 rings (SSSR count). The van der Waals surface area contributed by atoms with E-state index in [0.29, 0.717) is 22.2 Å². The van der Waals surface area contributed by atoms with Gasteiger partial charge in [0.15, 0.2) is 5.13 Å². The van der Waals surface area contributed by atoms with Gasteiger partial charge in [0, 0.05) is 29.0 Å². The minimum atomic E-state index is -3.92. The zero-order chi connectivity index (χ0) is 29.6. The predicted molar refractivity (Wildman–Crippen MR) is 159 cm³/mol. The van der Waals surface area contributed by atoms with Crippen LogP contribution in [0.2, 0.25) is 0 Å². The Kier molecular flexibility index (Phi) is 7.22. The predicted octanol–water partition coefficient (Wildman–Crippen LogP) is 4.89. The molecule has 2 aromatic heterocycles. The third-order valence-electron chi connectivity index (χ3n) is 6.71. The second-order valence-corrected chi connectivity index (χ2v) is 13.7. The molecule has 11 nitrogen and oxygen atoms in total. The smallest absolute Gasteiger partial charge is 0.292 e. The molecule has 0 unspecified atom stereocenters. The summed E-state index contributed by atoms with van der Waals surface area (Å²) in [5, 5.41) is 12.8. The summed E-state index contributed by atoms with van der Waals surface area (Å²) in [7, 11) is -3.92. The topological polar surface area (TPSA) is 138 Å². The Bertz CT molecular complexity index is 1700. The number of carbonyl (C=O) groups excluding carboxylic acids is 2. The first-order chi connectivity index (χ1) is 19.2. The number of thiazole rings is 1. The number of nitrogens with one attached hydrogen (secondary N) is 3. The van der Waals surface area contributed by atoms with Crippen molar-refractivity contribution >= 4 is 44.4 Å². The SMILES string of the molecule is CC(C)(C)c1cc(NC(=O)Nc2nc(-c3ccccc3)cs2)n(-c2ccc(CN3C(C)(C)C(=O)NS3(=O)=O)cc2)n1. The molecule has 1 saturated heterocycles. The van der Waals surface area contributed by atoms with Crippen molar-refractivity contribution in [1.82, 2.24) is 23.8 Å². The standard InChI is InChI=1S/C28H31N7O4S2/c1-27(2,3)22-15-23(30-25(37)31-26-29-21(17-40-26)19-9-7-6-8-10-19)35(32-22)20-13-11-18(12-14-20)16-34-28(4,5)24(36)33-41(34,38)39/h6-15,17H,16H2,1-5H3,(H,33,36)(H2,29,30,31,37). The fourth-order valence-electron chi connectivity index (χ4n) is 4.25. The molecule has 0 saturated carbocycles. The second kappa shape index (κ2) is 10.4. The highest BCUT2D eigenvalue weighted by Crippen LogP contribution is 2.30. The summed E-state index contributed by atoms with van der Waals surface area (Å²) in [5.41, 5.74) is 2.37. The number of rotatable bonds is 6. The van der Waals surface area contributed by atoms with Gasteiger partial charge in [0.05, 0.1) is 17.1 Å². The average Bonchev–Trinajstić information content (AvgIpc) is 3.58. The van der Waals surface area contributed by atoms with Crippen LogP contribution in [0.25, 0.3) is 16.9 Å². The van der Waals surface area contributed by atoms with Gasteiger partial charge in [-0.3, -0.25) is 15.4 Å². The molecule has 3 heterocycles. The first kappa shape index (κ1) is 28.5. The van der Waals surface area contributed by atoms with Gasteiger partial charge < -0.3 is 0 Å². The summed E-state index contributed by atoms with van der Waals surface area (Å²) in [6.07, 6.45) is 0. The van der Waals surface area contributed by atoms with E-state index in [1.54, 1.807) is 42.8 Å². The Labute approximate surface area is 242 Å². The highest BCUT2D eigenvalue weighted by atomic mass is 32.2. The molecule has 0 bridgehead atoms. The van der Waals surface area contributed by atoms with Crippen LogP contribution in [-0.4, -0.2) is 45.0 Å². The Hall–Kier alpha value is -4.07. The van der Waals surface area contributed by atoms with Crippen molar-refractivity contribution in [2.45, 2.75) is 52.1 Å². The van der Waals surface area contributed by atoms with Gasteiger partial charge in [-0.25, -0.2) is 19.2 Å². The van der Waals surface area contributed by atoms with Gasteiger partial charge in [0.1, 0.15) is 11.4 Å². The molecule has 1 aliphatic rings. The van der Waals surface area contributed by atoms with E-state index in [1.165, 1.54) is 11.3 Å². The van der Waals surface area contributed by atoms with Crippen molar-refractivity contribution in [2.24, 2.45) is 0 Å². The molecule has 13 heteroatoms. The van der Waals surface area contributed by atoms with Crippen molar-refractivity contribution in [3.63, 3.8) is 0 Å². The molecule has 214 valence electrons. The van der Waals surface area contributed by atoms with E-state index in [4.69, 9.17) is 5.10 Å². The van der Waals surface area contributed by atoms with Gasteiger partial charge in [0.25, 0.3) is 5.91 Å². The second-order valence-electron chi connectivity index (χ2n) is 11.2. The molecule has 0 spiro atoms. The lowest BCUT2D eigenvalue weighted by molar-refractivity contribution is -0.125. The van der Waals surface area contributed by atoms with Crippen LogP contribution < -0.4 is 15.4 Å². The maximum absolute atomic E-state index is 13.0. The number of amides is 3. The lowest BCUT2D eigenvalue weighted by Gasteiger charge is -2.25. The number of benzene rings is 2. The summed E-state index contributed by atoms with van der Waals surface area (Å²) >= 11 is 1.33. The summed E-state index contributed by atoms with van der Waals surface area (Å²) < 4.78 is 29.7. The van der Waals surface area contributed by atoms with Gasteiger partial charge in [-0.05, 0) is 31.5 Å². The Morgan fingerprint density at radius 1 is 1.05 bits per heavy atom. The van der Waals surface area contributed by atoms with Crippen LogP contribution in [0.15, 0.2) is 66.0 Å². The van der Waals surface area contributed by atoms with Gasteiger partial charge in [-0.15, -0.1) is 11.3 Å². The molecule has 3 amide bonds. The Balaban J connectivity index is 1.36. The number of anilines is 2. The van der Waals surface area contributed by atoms with Crippen LogP contribution in [0.5, 0.6) is 0 Å². The normalized spacial score (nSPS) is 16.4. The third-order valence-corrected chi connectivity index (χ3v) is 9.08. The van der Waals surface area contributed by atoms with Gasteiger partial charge in [-0.1, -0.05) is 63.2 Å². The van der Waals surface area contributed by atoms with Crippen LogP contribution in [0, 0.1) is 0 Å². The van der Waals surface area contributed by atoms with Crippen LogP contribution in [0.3, 0.4) is 0 Å². The Morgan fingerprint density at radius 3 is 2.34 bits per heavy atom. The van der Waals surface area contributed by atoms with E-state index < -0.39 is 27.7 Å². The average molecular weight is 594 g/mol. The van der Waals surface area contributed by atoms with Crippen molar-refractivity contribution in [3.05, 3.63) is 77.3 Å². The first-order valence-corrected chi connectivity index (χ1v) is 15.2. The van der Waals surface area contributed by atoms with Crippen molar-refractivity contribution in [3.8, 4) is 16.9 Å². The number of nitrogens with zero attached hydrogens (tertiary/aromatic N) is 4. The molecule has 1 aliphatic heterocycles. The molecule has 1 fully saturated rings. The van der Waals surface area contributed by atoms with Crippen molar-refractivity contribution in [1.29, 1.82) is 0 Å². The largest absolute Gasteiger partial charge is 0.326 e. The van der Waals surface area contributed by atoms with Gasteiger partial charge in [-0.2, -0.15) is 17.8 Å². The number of hydrogen-bond donors (Lipinski definition) is 3. The summed E-state index contributed by atoms with van der Waals surface area (Å²) in [6, 6.07) is 18.2. The number of aromatic nitrogens is 3. The van der Waals surface area contributed by atoms with E-state index >= 15 is 0 Å². The first-order valence-electron chi connectivity index (χ1n) is 12.9. The van der Waals surface area contributed by atoms with E-state index in [1.807, 2.05) is 62.5 Å². The van der Waals surface area contributed by atoms with Crippen molar-refractivity contribution < 1.29 is 18.0 Å². The molecular formula is C28H31N7O4S2. The number of hydrogen-bond acceptors (Lipinski definition) is 7. The Morgan fingerprint density at radius 2 is 1.73 bits per heavy atom. The molecule has 0 atom stereocenters. The van der Waals surface area contributed by atoms with E-state index in [-0.39, 0.29) is 12.0 Å². The highest BCUT2D eigenvalue weighted by molar-refractivity contribution is 7.88. The number of urea groups is 1. The molecule has 0 radical (unpaired) electrons. The molecule has 41 heavy (non-hydrogen) atoms. The van der Waals surface area contributed by atoms with E-state index in [9.17, 15) is 18.0 Å². The van der Waals surface area contributed by atoms with Crippen molar-refractivity contribution in [2.75, 3.05) is 10.6 Å². The fraction of sp³-hybridized carbons (Fsp3) is 0.286. The lowest BCUT2D eigenvalue weighted by atomic mass is 9.92. The summed E-state index contributed by atoms with van der Waals surface area (Å²) in [4.78, 5) is 29.6. The zero-order valence-corrected chi connectivity index (χ0v) is 24.9. The van der Waals surface area contributed by atoms with Gasteiger partial charge >= 0.3 is 16.2 Å². The zero-order valence-electron chi connectivity index (χ0n) is 23.3. The van der Waals surface area contributed by atoms with Crippen LogP contribution in [-0.2, 0) is 27.0 Å². The van der Waals surface area contributed by atoms with Gasteiger partial charge in [0.2, 0.25) is 0 Å². The lowest BCUT2D eigenvalue weighted by Crippen LogP contribution is -2.43. The van der Waals surface area contributed by atoms with Crippen LogP contribution in [0.1, 0.15) is 45.9 Å². The molecule has 4 aromatic rings. The highest BCUT2D eigenvalue weighted by Gasteiger charge is 2.50. The molecule has 2 aromatic carbocycles. The molecule has 0 aliphatic carbocycles. The third kappa shape index (κ3) is 5.87. The fourth-order valence-corrected chi connectivity index (χ4v) is 6.56. The molecule has 3 N–H and O–H groups in total. The summed E-state index contributed by atoms with van der Waals surface area (Å²) in [6.45, 7) is 9.24. The van der Waals surface area contributed by atoms with Crippen LogP contribution in [0.4, 0.5) is 15.7 Å². The minimum absolute atomic E-state index is 0.0208. The maximum Gasteiger partial charge on any atom is 0.326 e. The maximum atomic E-state index is 13.0. The molecular weight excluding hydrogens is 562 g/mol. The quantitative estimate of drug-likeness (QED) is 0.291. The number of carbonyl (C=O) groups is 2. The monoisotopic (exact) mass is 593 g/mol. The van der Waals surface area contributed by atoms with Crippen LogP contribution >= 0.6 is 11.3 Å². The minimum Gasteiger partial charge on any atom is -0.292 e. The van der Waals surface area contributed by atoms with E-state index in [2.05, 4.69) is 20.3 Å². The van der Waals surface area contributed by atoms with E-state index in [0.717, 1.165) is 21.3 Å².